The molecule has 1 fully saturated rings. The Labute approximate surface area is 200 Å². The van der Waals surface area contributed by atoms with Gasteiger partial charge in [0.15, 0.2) is 0 Å². The van der Waals surface area contributed by atoms with E-state index in [1.54, 1.807) is 6.07 Å². The highest BCUT2D eigenvalue weighted by atomic mass is 19.1. The van der Waals surface area contributed by atoms with Crippen molar-refractivity contribution in [1.82, 2.24) is 20.1 Å². The van der Waals surface area contributed by atoms with Crippen molar-refractivity contribution >= 4 is 5.91 Å². The third-order valence-electron chi connectivity index (χ3n) is 5.90. The van der Waals surface area contributed by atoms with Crippen LogP contribution in [0.4, 0.5) is 4.39 Å². The molecule has 4 rings (SSSR count). The second-order valence-electron chi connectivity index (χ2n) is 8.71. The zero-order valence-electron chi connectivity index (χ0n) is 19.5. The molecule has 0 unspecified atom stereocenters. The Hall–Kier alpha value is -3.29. The molecular formula is C27H31FN4O2. The summed E-state index contributed by atoms with van der Waals surface area (Å²) in [6.45, 7) is 8.28. The standard InChI is InChI=1S/C27H31FN4O2/c1-21(17-30-27(33)24-5-2-6-25(28)16-24)34-26-9-7-22(8-10-26)19-31-12-14-32(15-13-31)20-23-4-3-11-29-18-23/h2-11,16,18,21H,12-15,17,19-20H2,1H3,(H,30,33)/t21-/m1/s1. The van der Waals surface area contributed by atoms with Crippen molar-refractivity contribution in [2.45, 2.75) is 26.1 Å². The van der Waals surface area contributed by atoms with Gasteiger partial charge in [0.1, 0.15) is 17.7 Å². The van der Waals surface area contributed by atoms with Crippen LogP contribution in [0.25, 0.3) is 0 Å². The number of carbonyl (C=O) groups excluding carboxylic acids is 1. The van der Waals surface area contributed by atoms with Crippen LogP contribution in [0.2, 0.25) is 0 Å². The van der Waals surface area contributed by atoms with Crippen LogP contribution in [-0.2, 0) is 13.1 Å². The summed E-state index contributed by atoms with van der Waals surface area (Å²) < 4.78 is 19.2. The van der Waals surface area contributed by atoms with Gasteiger partial charge < -0.3 is 10.1 Å². The number of nitrogens with one attached hydrogen (secondary N) is 1. The number of amides is 1. The molecule has 0 aliphatic carbocycles. The Morgan fingerprint density at radius 1 is 1.00 bits per heavy atom. The van der Waals surface area contributed by atoms with Gasteiger partial charge >= 0.3 is 0 Å². The second kappa shape index (κ2) is 11.7. The highest BCUT2D eigenvalue weighted by molar-refractivity contribution is 5.94. The van der Waals surface area contributed by atoms with E-state index in [1.165, 1.54) is 29.3 Å². The number of piperazine rings is 1. The summed E-state index contributed by atoms with van der Waals surface area (Å²) in [6.07, 6.45) is 3.54. The van der Waals surface area contributed by atoms with Gasteiger partial charge in [0.05, 0.1) is 6.54 Å². The maximum Gasteiger partial charge on any atom is 0.251 e. The maximum atomic E-state index is 13.3. The molecule has 2 heterocycles. The van der Waals surface area contributed by atoms with Crippen molar-refractivity contribution in [1.29, 1.82) is 0 Å². The van der Waals surface area contributed by atoms with E-state index in [4.69, 9.17) is 4.74 Å². The zero-order chi connectivity index (χ0) is 23.8. The molecule has 0 radical (unpaired) electrons. The van der Waals surface area contributed by atoms with Crippen LogP contribution in [0.15, 0.2) is 73.1 Å². The Kier molecular flexibility index (Phi) is 8.22. The first-order valence-electron chi connectivity index (χ1n) is 11.7. The Balaban J connectivity index is 1.18. The van der Waals surface area contributed by atoms with E-state index < -0.39 is 5.82 Å². The van der Waals surface area contributed by atoms with E-state index in [0.29, 0.717) is 12.1 Å². The molecule has 34 heavy (non-hydrogen) atoms. The summed E-state index contributed by atoms with van der Waals surface area (Å²) in [4.78, 5) is 21.3. The molecule has 6 nitrogen and oxygen atoms in total. The van der Waals surface area contributed by atoms with Gasteiger partial charge in [-0.05, 0) is 54.4 Å². The molecule has 1 atom stereocenters. The fourth-order valence-electron chi connectivity index (χ4n) is 4.03. The third kappa shape index (κ3) is 7.10. The number of ether oxygens (including phenoxy) is 1. The zero-order valence-corrected chi connectivity index (χ0v) is 19.5. The predicted molar refractivity (Wildman–Crippen MR) is 130 cm³/mol. The number of pyridine rings is 1. The number of halogens is 1. The number of benzene rings is 2. The van der Waals surface area contributed by atoms with Crippen LogP contribution < -0.4 is 10.1 Å². The molecule has 7 heteroatoms. The van der Waals surface area contributed by atoms with Crippen LogP contribution in [0.1, 0.15) is 28.4 Å². The van der Waals surface area contributed by atoms with E-state index in [9.17, 15) is 9.18 Å². The lowest BCUT2D eigenvalue weighted by molar-refractivity contribution is 0.0931. The first-order valence-corrected chi connectivity index (χ1v) is 11.7. The lowest BCUT2D eigenvalue weighted by Gasteiger charge is -2.34. The number of aromatic nitrogens is 1. The van der Waals surface area contributed by atoms with E-state index in [0.717, 1.165) is 45.0 Å². The van der Waals surface area contributed by atoms with Crippen LogP contribution in [0, 0.1) is 5.82 Å². The fourth-order valence-corrected chi connectivity index (χ4v) is 4.03. The molecule has 1 aliphatic rings. The average molecular weight is 463 g/mol. The summed E-state index contributed by atoms with van der Waals surface area (Å²) in [7, 11) is 0. The Morgan fingerprint density at radius 2 is 1.71 bits per heavy atom. The van der Waals surface area contributed by atoms with Crippen molar-refractivity contribution in [2.75, 3.05) is 32.7 Å². The number of hydrogen-bond donors (Lipinski definition) is 1. The van der Waals surface area contributed by atoms with Gasteiger partial charge in [-0.1, -0.05) is 24.3 Å². The number of hydrogen-bond acceptors (Lipinski definition) is 5. The van der Waals surface area contributed by atoms with Crippen molar-refractivity contribution < 1.29 is 13.9 Å². The third-order valence-corrected chi connectivity index (χ3v) is 5.90. The minimum absolute atomic E-state index is 0.212. The van der Waals surface area contributed by atoms with Gasteiger partial charge in [-0.2, -0.15) is 0 Å². The molecular weight excluding hydrogens is 431 g/mol. The van der Waals surface area contributed by atoms with Crippen LogP contribution in [0.3, 0.4) is 0 Å². The van der Waals surface area contributed by atoms with E-state index >= 15 is 0 Å². The van der Waals surface area contributed by atoms with Crippen molar-refractivity contribution in [3.8, 4) is 5.75 Å². The summed E-state index contributed by atoms with van der Waals surface area (Å²) in [5.41, 5.74) is 2.81. The van der Waals surface area contributed by atoms with Gasteiger partial charge in [0.2, 0.25) is 0 Å². The molecule has 178 valence electrons. The topological polar surface area (TPSA) is 57.7 Å². The molecule has 1 saturated heterocycles. The van der Waals surface area contributed by atoms with E-state index in [2.05, 4.69) is 38.3 Å². The van der Waals surface area contributed by atoms with Crippen molar-refractivity contribution in [2.24, 2.45) is 0 Å². The number of carbonyl (C=O) groups is 1. The first kappa shape index (κ1) is 23.9. The SMILES string of the molecule is C[C@H](CNC(=O)c1cccc(F)c1)Oc1ccc(CN2CCN(Cc3cccnc3)CC2)cc1. The molecule has 1 amide bonds. The molecule has 0 saturated carbocycles. The van der Waals surface area contributed by atoms with Crippen LogP contribution in [0.5, 0.6) is 5.75 Å². The fraction of sp³-hybridized carbons (Fsp3) is 0.333. The average Bonchev–Trinajstić information content (AvgIpc) is 2.85. The molecule has 0 bridgehead atoms. The minimum Gasteiger partial charge on any atom is -0.489 e. The normalized spacial score (nSPS) is 15.6. The summed E-state index contributed by atoms with van der Waals surface area (Å²) in [5, 5.41) is 2.79. The monoisotopic (exact) mass is 462 g/mol. The van der Waals surface area contributed by atoms with Gasteiger partial charge in [0.25, 0.3) is 5.91 Å². The maximum absolute atomic E-state index is 13.3. The van der Waals surface area contributed by atoms with Gasteiger partial charge in [-0.15, -0.1) is 0 Å². The molecule has 1 N–H and O–H groups in total. The highest BCUT2D eigenvalue weighted by Crippen LogP contribution is 2.16. The molecule has 3 aromatic rings. The lowest BCUT2D eigenvalue weighted by Crippen LogP contribution is -2.45. The van der Waals surface area contributed by atoms with Crippen LogP contribution >= 0.6 is 0 Å². The molecule has 1 aliphatic heterocycles. The largest absolute Gasteiger partial charge is 0.489 e. The smallest absolute Gasteiger partial charge is 0.251 e. The lowest BCUT2D eigenvalue weighted by atomic mass is 10.1. The highest BCUT2D eigenvalue weighted by Gasteiger charge is 2.17. The van der Waals surface area contributed by atoms with Gasteiger partial charge in [-0.3, -0.25) is 19.6 Å². The number of nitrogens with zero attached hydrogens (tertiary/aromatic N) is 3. The summed E-state index contributed by atoms with van der Waals surface area (Å²) in [5.74, 6) is 0.0204. The van der Waals surface area contributed by atoms with Gasteiger partial charge in [0, 0.05) is 57.2 Å². The minimum atomic E-state index is -0.427. The van der Waals surface area contributed by atoms with Crippen molar-refractivity contribution in [3.05, 3.63) is 95.6 Å². The Morgan fingerprint density at radius 3 is 2.35 bits per heavy atom. The molecule has 1 aromatic heterocycles. The predicted octanol–water partition coefficient (Wildman–Crippen LogP) is 3.74. The molecule has 2 aromatic carbocycles. The summed E-state index contributed by atoms with van der Waals surface area (Å²) in [6, 6.07) is 17.9. The van der Waals surface area contributed by atoms with E-state index in [1.807, 2.05) is 37.5 Å². The van der Waals surface area contributed by atoms with Gasteiger partial charge in [-0.25, -0.2) is 4.39 Å². The van der Waals surface area contributed by atoms with Crippen LogP contribution in [-0.4, -0.2) is 59.5 Å². The van der Waals surface area contributed by atoms with E-state index in [-0.39, 0.29) is 12.0 Å². The summed E-state index contributed by atoms with van der Waals surface area (Å²) >= 11 is 0. The number of rotatable bonds is 9. The quantitative estimate of drug-likeness (QED) is 0.525. The first-order chi connectivity index (χ1) is 16.5. The van der Waals surface area contributed by atoms with Crippen molar-refractivity contribution in [3.63, 3.8) is 0 Å². The Bertz CT molecular complexity index is 1050. The second-order valence-corrected chi connectivity index (χ2v) is 8.71. The molecule has 0 spiro atoms.